The number of nitrogens with zero attached hydrogens (tertiary/aromatic N) is 1. The van der Waals surface area contributed by atoms with Crippen LogP contribution in [-0.4, -0.2) is 12.1 Å². The molecule has 0 aliphatic carbocycles. The van der Waals surface area contributed by atoms with Crippen molar-refractivity contribution in [3.05, 3.63) is 29.3 Å². The minimum absolute atomic E-state index is 0.0603. The number of carbonyl (C=O) groups is 1. The van der Waals surface area contributed by atoms with Crippen molar-refractivity contribution in [2.45, 2.75) is 19.9 Å². The maximum Gasteiger partial charge on any atom is 0.320 e. The quantitative estimate of drug-likeness (QED) is 0.867. The van der Waals surface area contributed by atoms with Gasteiger partial charge in [-0.05, 0) is 24.1 Å². The van der Waals surface area contributed by atoms with Crippen molar-refractivity contribution in [1.82, 2.24) is 5.32 Å². The average molecular weight is 252 g/mol. The van der Waals surface area contributed by atoms with Gasteiger partial charge in [-0.1, -0.05) is 31.5 Å². The van der Waals surface area contributed by atoms with Crippen LogP contribution in [0, 0.1) is 17.2 Å². The second-order valence-corrected chi connectivity index (χ2v) is 4.40. The van der Waals surface area contributed by atoms with Crippen molar-refractivity contribution in [3.63, 3.8) is 0 Å². The van der Waals surface area contributed by atoms with E-state index in [0.29, 0.717) is 10.7 Å². The molecule has 17 heavy (non-hydrogen) atoms. The second kappa shape index (κ2) is 6.12. The average Bonchev–Trinajstić information content (AvgIpc) is 2.25. The summed E-state index contributed by atoms with van der Waals surface area (Å²) in [6, 6.07) is 7.94. The maximum atomic E-state index is 11.6. The molecule has 0 aliphatic rings. The highest BCUT2D eigenvalue weighted by Gasteiger charge is 2.14. The summed E-state index contributed by atoms with van der Waals surface area (Å²) in [5.74, 6) is 0.0603. The molecular formula is C12H14ClN3O. The van der Waals surface area contributed by atoms with Crippen molar-refractivity contribution >= 4 is 23.3 Å². The van der Waals surface area contributed by atoms with Gasteiger partial charge in [0, 0.05) is 10.7 Å². The summed E-state index contributed by atoms with van der Waals surface area (Å²) in [6.07, 6.45) is 0. The third kappa shape index (κ3) is 4.33. The van der Waals surface area contributed by atoms with Crippen LogP contribution >= 0.6 is 11.6 Å². The molecule has 1 rings (SSSR count). The van der Waals surface area contributed by atoms with Gasteiger partial charge in [-0.15, -0.1) is 0 Å². The Morgan fingerprint density at radius 1 is 1.47 bits per heavy atom. The number of nitrogens with one attached hydrogen (secondary N) is 2. The Kier molecular flexibility index (Phi) is 4.80. The van der Waals surface area contributed by atoms with Crippen LogP contribution in [0.3, 0.4) is 0 Å². The summed E-state index contributed by atoms with van der Waals surface area (Å²) in [5, 5.41) is 14.6. The number of nitriles is 1. The summed E-state index contributed by atoms with van der Waals surface area (Å²) in [6.45, 7) is 3.74. The minimum atomic E-state index is -0.505. The van der Waals surface area contributed by atoms with Gasteiger partial charge in [-0.3, -0.25) is 0 Å². The number of amides is 2. The normalized spacial score (nSPS) is 11.7. The van der Waals surface area contributed by atoms with Crippen molar-refractivity contribution in [1.29, 1.82) is 5.26 Å². The number of benzene rings is 1. The molecule has 0 heterocycles. The van der Waals surface area contributed by atoms with E-state index in [2.05, 4.69) is 10.6 Å². The molecule has 1 unspecified atom stereocenters. The summed E-state index contributed by atoms with van der Waals surface area (Å²) < 4.78 is 0. The molecule has 90 valence electrons. The van der Waals surface area contributed by atoms with Crippen LogP contribution in [0.15, 0.2) is 24.3 Å². The van der Waals surface area contributed by atoms with Crippen LogP contribution in [0.2, 0.25) is 5.02 Å². The predicted octanol–water partition coefficient (Wildman–Crippen LogP) is 3.01. The third-order valence-corrected chi connectivity index (χ3v) is 2.41. The van der Waals surface area contributed by atoms with Crippen molar-refractivity contribution in [2.75, 3.05) is 5.32 Å². The molecule has 1 aromatic rings. The van der Waals surface area contributed by atoms with Crippen LogP contribution < -0.4 is 10.6 Å². The number of anilines is 1. The lowest BCUT2D eigenvalue weighted by atomic mass is 10.1. The number of hydrogen-bond acceptors (Lipinski definition) is 2. The molecule has 0 saturated heterocycles. The molecule has 0 aliphatic heterocycles. The van der Waals surface area contributed by atoms with Crippen molar-refractivity contribution in [3.8, 4) is 6.07 Å². The van der Waals surface area contributed by atoms with E-state index in [9.17, 15) is 4.79 Å². The first-order valence-corrected chi connectivity index (χ1v) is 5.63. The molecule has 5 heteroatoms. The van der Waals surface area contributed by atoms with Crippen molar-refractivity contribution in [2.24, 2.45) is 5.92 Å². The molecule has 0 spiro atoms. The fourth-order valence-corrected chi connectivity index (χ4v) is 1.41. The van der Waals surface area contributed by atoms with E-state index in [1.54, 1.807) is 24.3 Å². The zero-order chi connectivity index (χ0) is 12.8. The fourth-order valence-electron chi connectivity index (χ4n) is 1.22. The molecular weight excluding hydrogens is 238 g/mol. The molecule has 2 N–H and O–H groups in total. The summed E-state index contributed by atoms with van der Waals surface area (Å²) in [7, 11) is 0. The van der Waals surface area contributed by atoms with Gasteiger partial charge in [0.05, 0.1) is 6.07 Å². The molecule has 2 amide bonds. The monoisotopic (exact) mass is 251 g/mol. The highest BCUT2D eigenvalue weighted by molar-refractivity contribution is 6.30. The Morgan fingerprint density at radius 2 is 2.18 bits per heavy atom. The Bertz CT molecular complexity index is 440. The van der Waals surface area contributed by atoms with Crippen LogP contribution in [0.25, 0.3) is 0 Å². The summed E-state index contributed by atoms with van der Waals surface area (Å²) in [5.41, 5.74) is 0.593. The van der Waals surface area contributed by atoms with E-state index in [0.717, 1.165) is 0 Å². The Balaban J connectivity index is 2.59. The van der Waals surface area contributed by atoms with Gasteiger partial charge in [-0.25, -0.2) is 4.79 Å². The van der Waals surface area contributed by atoms with Gasteiger partial charge in [0.1, 0.15) is 6.04 Å². The SMILES string of the molecule is CC(C)C(C#N)NC(=O)Nc1cccc(Cl)c1. The second-order valence-electron chi connectivity index (χ2n) is 3.96. The van der Waals surface area contributed by atoms with Crippen LogP contribution in [0.1, 0.15) is 13.8 Å². The minimum Gasteiger partial charge on any atom is -0.322 e. The Labute approximate surface area is 106 Å². The van der Waals surface area contributed by atoms with Gasteiger partial charge in [0.15, 0.2) is 0 Å². The molecule has 4 nitrogen and oxygen atoms in total. The number of halogens is 1. The standard InChI is InChI=1S/C12H14ClN3O/c1-8(2)11(7-14)16-12(17)15-10-5-3-4-9(13)6-10/h3-6,8,11H,1-2H3,(H2,15,16,17). The lowest BCUT2D eigenvalue weighted by Crippen LogP contribution is -2.40. The number of urea groups is 1. The molecule has 1 atom stereocenters. The smallest absolute Gasteiger partial charge is 0.320 e. The first-order valence-electron chi connectivity index (χ1n) is 5.25. The predicted molar refractivity (Wildman–Crippen MR) is 67.8 cm³/mol. The van der Waals surface area contributed by atoms with Crippen LogP contribution in [-0.2, 0) is 0 Å². The lowest BCUT2D eigenvalue weighted by molar-refractivity contribution is 0.248. The largest absolute Gasteiger partial charge is 0.322 e. The third-order valence-electron chi connectivity index (χ3n) is 2.17. The number of carbonyl (C=O) groups excluding carboxylic acids is 1. The van der Waals surface area contributed by atoms with E-state index in [-0.39, 0.29) is 5.92 Å². The van der Waals surface area contributed by atoms with Gasteiger partial charge < -0.3 is 10.6 Å². The number of hydrogen-bond donors (Lipinski definition) is 2. The van der Waals surface area contributed by atoms with E-state index in [1.807, 2.05) is 19.9 Å². The van der Waals surface area contributed by atoms with Gasteiger partial charge >= 0.3 is 6.03 Å². The first-order chi connectivity index (χ1) is 8.02. The Morgan fingerprint density at radius 3 is 2.71 bits per heavy atom. The van der Waals surface area contributed by atoms with Crippen molar-refractivity contribution < 1.29 is 4.79 Å². The zero-order valence-electron chi connectivity index (χ0n) is 9.70. The highest BCUT2D eigenvalue weighted by Crippen LogP contribution is 2.14. The lowest BCUT2D eigenvalue weighted by Gasteiger charge is -2.15. The van der Waals surface area contributed by atoms with Gasteiger partial charge in [0.25, 0.3) is 0 Å². The topological polar surface area (TPSA) is 64.9 Å². The van der Waals surface area contributed by atoms with Gasteiger partial charge in [-0.2, -0.15) is 5.26 Å². The number of rotatable bonds is 3. The van der Waals surface area contributed by atoms with E-state index < -0.39 is 12.1 Å². The van der Waals surface area contributed by atoms with Crippen LogP contribution in [0.4, 0.5) is 10.5 Å². The molecule has 0 saturated carbocycles. The molecule has 1 aromatic carbocycles. The molecule has 0 aromatic heterocycles. The molecule has 0 radical (unpaired) electrons. The fraction of sp³-hybridized carbons (Fsp3) is 0.333. The van der Waals surface area contributed by atoms with Crippen LogP contribution in [0.5, 0.6) is 0 Å². The maximum absolute atomic E-state index is 11.6. The van der Waals surface area contributed by atoms with Gasteiger partial charge in [0.2, 0.25) is 0 Å². The summed E-state index contributed by atoms with van der Waals surface area (Å²) >= 11 is 5.79. The highest BCUT2D eigenvalue weighted by atomic mass is 35.5. The molecule has 0 fully saturated rings. The Hall–Kier alpha value is -1.73. The first kappa shape index (κ1) is 13.3. The zero-order valence-corrected chi connectivity index (χ0v) is 10.5. The van der Waals surface area contributed by atoms with E-state index in [4.69, 9.17) is 16.9 Å². The van der Waals surface area contributed by atoms with E-state index >= 15 is 0 Å². The molecule has 0 bridgehead atoms. The van der Waals surface area contributed by atoms with E-state index in [1.165, 1.54) is 0 Å². The summed E-state index contributed by atoms with van der Waals surface area (Å²) in [4.78, 5) is 11.6.